The molecular weight excluding hydrogens is 194 g/mol. The Bertz CT molecular complexity index is 106. The van der Waals surface area contributed by atoms with Crippen molar-refractivity contribution in [3.63, 3.8) is 0 Å². The number of hydrogen-bond acceptors (Lipinski definition) is 3. The first kappa shape index (κ1) is 14.1. The third-order valence-electron chi connectivity index (χ3n) is 1.75. The van der Waals surface area contributed by atoms with Crippen LogP contribution in [0.15, 0.2) is 0 Å². The topological polar surface area (TPSA) is 30.5 Å². The van der Waals surface area contributed by atoms with Gasteiger partial charge in [-0.3, -0.25) is 0 Å². The predicted molar refractivity (Wildman–Crippen MR) is 63.1 cm³/mol. The summed E-state index contributed by atoms with van der Waals surface area (Å²) < 4.78 is 11.2. The van der Waals surface area contributed by atoms with E-state index in [1.165, 1.54) is 6.42 Å². The average molecular weight is 219 g/mol. The summed E-state index contributed by atoms with van der Waals surface area (Å²) in [6, 6.07) is 0. The van der Waals surface area contributed by atoms with Gasteiger partial charge in [0, 0.05) is 13.2 Å². The van der Waals surface area contributed by atoms with Gasteiger partial charge in [0.2, 0.25) is 0 Å². The molecule has 0 amide bonds. The SMILES string of the molecule is CCCN[SiH2]C(OCCC)OCCC. The molecule has 0 saturated carbocycles. The highest BCUT2D eigenvalue weighted by Gasteiger charge is 2.08. The minimum absolute atomic E-state index is 0.0708. The number of nitrogens with one attached hydrogen (secondary N) is 1. The minimum Gasteiger partial charge on any atom is -0.355 e. The lowest BCUT2D eigenvalue weighted by atomic mass is 10.5. The van der Waals surface area contributed by atoms with Gasteiger partial charge in [-0.15, -0.1) is 0 Å². The lowest BCUT2D eigenvalue weighted by molar-refractivity contribution is -0.0912. The third kappa shape index (κ3) is 8.68. The highest BCUT2D eigenvalue weighted by Crippen LogP contribution is 1.95. The zero-order valence-electron chi connectivity index (χ0n) is 9.84. The monoisotopic (exact) mass is 219 g/mol. The van der Waals surface area contributed by atoms with Crippen LogP contribution in [0.25, 0.3) is 0 Å². The Labute approximate surface area is 90.5 Å². The molecule has 0 atom stereocenters. The smallest absolute Gasteiger partial charge is 0.159 e. The van der Waals surface area contributed by atoms with E-state index < -0.39 is 9.68 Å². The van der Waals surface area contributed by atoms with Gasteiger partial charge in [0.25, 0.3) is 0 Å². The van der Waals surface area contributed by atoms with Gasteiger partial charge < -0.3 is 14.5 Å². The zero-order chi connectivity index (χ0) is 10.6. The molecule has 0 spiro atoms. The Morgan fingerprint density at radius 3 is 2.00 bits per heavy atom. The summed E-state index contributed by atoms with van der Waals surface area (Å²) in [6.45, 7) is 9.14. The predicted octanol–water partition coefficient (Wildman–Crippen LogP) is 1.21. The quantitative estimate of drug-likeness (QED) is 0.340. The molecule has 0 radical (unpaired) electrons. The summed E-state index contributed by atoms with van der Waals surface area (Å²) in [4.78, 5) is 3.44. The van der Waals surface area contributed by atoms with Gasteiger partial charge in [-0.05, 0) is 25.8 Å². The first-order valence-corrected chi connectivity index (χ1v) is 7.31. The van der Waals surface area contributed by atoms with Crippen molar-refractivity contribution in [2.45, 2.75) is 45.9 Å². The van der Waals surface area contributed by atoms with E-state index in [-0.39, 0.29) is 5.91 Å². The molecule has 0 aromatic rings. The van der Waals surface area contributed by atoms with Crippen molar-refractivity contribution in [3.05, 3.63) is 0 Å². The minimum atomic E-state index is -0.421. The van der Waals surface area contributed by atoms with Gasteiger partial charge in [0.15, 0.2) is 9.68 Å². The molecule has 1 N–H and O–H groups in total. The lowest BCUT2D eigenvalue weighted by Gasteiger charge is -2.17. The molecule has 0 aromatic heterocycles. The van der Waals surface area contributed by atoms with E-state index >= 15 is 0 Å². The standard InChI is InChI=1S/C10H25NO2Si/c1-4-7-11-14-10(12-8-5-2)13-9-6-3/h10-11H,4-9,14H2,1-3H3. The summed E-state index contributed by atoms with van der Waals surface area (Å²) in [6.07, 6.45) is 3.31. The van der Waals surface area contributed by atoms with Gasteiger partial charge in [-0.1, -0.05) is 20.8 Å². The molecule has 0 bridgehead atoms. The second-order valence-corrected chi connectivity index (χ2v) is 4.95. The molecule has 0 unspecified atom stereocenters. The maximum Gasteiger partial charge on any atom is 0.159 e. The molecule has 0 aliphatic carbocycles. The largest absolute Gasteiger partial charge is 0.355 e. The van der Waals surface area contributed by atoms with Gasteiger partial charge in [0.1, 0.15) is 5.91 Å². The van der Waals surface area contributed by atoms with E-state index in [1.54, 1.807) is 0 Å². The van der Waals surface area contributed by atoms with E-state index in [0.29, 0.717) is 0 Å². The van der Waals surface area contributed by atoms with Crippen molar-refractivity contribution in [1.82, 2.24) is 4.98 Å². The maximum absolute atomic E-state index is 5.62. The van der Waals surface area contributed by atoms with Gasteiger partial charge in [0.05, 0.1) is 0 Å². The summed E-state index contributed by atoms with van der Waals surface area (Å²) in [5.41, 5.74) is 0. The van der Waals surface area contributed by atoms with Crippen molar-refractivity contribution in [1.29, 1.82) is 0 Å². The number of hydrogen-bond donors (Lipinski definition) is 1. The summed E-state index contributed by atoms with van der Waals surface area (Å²) >= 11 is 0. The van der Waals surface area contributed by atoms with Crippen LogP contribution in [0.4, 0.5) is 0 Å². The second-order valence-electron chi connectivity index (χ2n) is 3.38. The average Bonchev–Trinajstić information content (AvgIpc) is 2.21. The zero-order valence-corrected chi connectivity index (χ0v) is 11.3. The molecule has 3 nitrogen and oxygen atoms in total. The van der Waals surface area contributed by atoms with Gasteiger partial charge in [-0.25, -0.2) is 0 Å². The number of ether oxygens (including phenoxy) is 2. The van der Waals surface area contributed by atoms with Crippen LogP contribution in [0.2, 0.25) is 0 Å². The Kier molecular flexibility index (Phi) is 11.3. The highest BCUT2D eigenvalue weighted by atomic mass is 28.2. The Morgan fingerprint density at radius 2 is 1.57 bits per heavy atom. The van der Waals surface area contributed by atoms with Gasteiger partial charge >= 0.3 is 0 Å². The molecule has 0 rings (SSSR count). The lowest BCUT2D eigenvalue weighted by Crippen LogP contribution is -2.36. The molecular formula is C10H25NO2Si. The molecule has 0 aromatic carbocycles. The number of rotatable bonds is 10. The molecule has 0 aliphatic heterocycles. The summed E-state index contributed by atoms with van der Waals surface area (Å²) in [5, 5.41) is 0. The van der Waals surface area contributed by atoms with Crippen LogP contribution in [-0.4, -0.2) is 35.4 Å². The van der Waals surface area contributed by atoms with Crippen LogP contribution in [0.1, 0.15) is 40.0 Å². The Morgan fingerprint density at radius 1 is 1.00 bits per heavy atom. The molecule has 0 heterocycles. The van der Waals surface area contributed by atoms with Crippen molar-refractivity contribution in [2.24, 2.45) is 0 Å². The van der Waals surface area contributed by atoms with Crippen LogP contribution in [-0.2, 0) is 9.47 Å². The molecule has 86 valence electrons. The molecule has 0 fully saturated rings. The van der Waals surface area contributed by atoms with E-state index in [1.807, 2.05) is 0 Å². The fraction of sp³-hybridized carbons (Fsp3) is 1.00. The van der Waals surface area contributed by atoms with Crippen LogP contribution in [0, 0.1) is 0 Å². The second kappa shape index (κ2) is 11.2. The van der Waals surface area contributed by atoms with E-state index in [0.717, 1.165) is 32.6 Å². The van der Waals surface area contributed by atoms with Crippen molar-refractivity contribution >= 4 is 9.68 Å². The summed E-state index contributed by atoms with van der Waals surface area (Å²) in [7, 11) is -0.421. The van der Waals surface area contributed by atoms with Crippen LogP contribution in [0.3, 0.4) is 0 Å². The highest BCUT2D eigenvalue weighted by molar-refractivity contribution is 6.33. The fourth-order valence-corrected chi connectivity index (χ4v) is 2.42. The molecule has 14 heavy (non-hydrogen) atoms. The Balaban J connectivity index is 3.49. The first-order valence-electron chi connectivity index (χ1n) is 5.79. The molecule has 0 saturated heterocycles. The van der Waals surface area contributed by atoms with Crippen molar-refractivity contribution in [2.75, 3.05) is 19.8 Å². The van der Waals surface area contributed by atoms with Crippen LogP contribution in [0.5, 0.6) is 0 Å². The van der Waals surface area contributed by atoms with Crippen LogP contribution < -0.4 is 4.98 Å². The van der Waals surface area contributed by atoms with E-state index in [4.69, 9.17) is 9.47 Å². The van der Waals surface area contributed by atoms with Crippen molar-refractivity contribution < 1.29 is 9.47 Å². The van der Waals surface area contributed by atoms with Crippen molar-refractivity contribution in [3.8, 4) is 0 Å². The van der Waals surface area contributed by atoms with E-state index in [9.17, 15) is 0 Å². The maximum atomic E-state index is 5.62. The third-order valence-corrected chi connectivity index (χ3v) is 3.20. The van der Waals surface area contributed by atoms with Gasteiger partial charge in [-0.2, -0.15) is 0 Å². The molecule has 4 heteroatoms. The van der Waals surface area contributed by atoms with E-state index in [2.05, 4.69) is 25.8 Å². The normalized spacial score (nSPS) is 12.0. The first-order chi connectivity index (χ1) is 6.85. The molecule has 0 aliphatic rings. The summed E-state index contributed by atoms with van der Waals surface area (Å²) in [5.74, 6) is 0.0708. The van der Waals surface area contributed by atoms with Crippen LogP contribution >= 0.6 is 0 Å². The Hall–Kier alpha value is 0.0969. The fourth-order valence-electron chi connectivity index (χ4n) is 1.06.